The number of carbonyl (C=O) groups is 2. The largest absolute Gasteiger partial charge is 0.444 e. The third-order valence-electron chi connectivity index (χ3n) is 3.48. The second kappa shape index (κ2) is 7.98. The SMILES string of the molecule is CN(C)C(=O)C(OC(=O)c1cc(S(N)(=O)=O)ccc1Br)c1ccccc1. The Morgan fingerprint density at radius 2 is 1.73 bits per heavy atom. The Morgan fingerprint density at radius 3 is 2.27 bits per heavy atom. The number of benzene rings is 2. The fourth-order valence-electron chi connectivity index (χ4n) is 2.13. The summed E-state index contributed by atoms with van der Waals surface area (Å²) in [4.78, 5) is 26.1. The molecule has 0 aliphatic heterocycles. The summed E-state index contributed by atoms with van der Waals surface area (Å²) < 4.78 is 28.7. The number of amides is 1. The number of primary sulfonamides is 1. The van der Waals surface area contributed by atoms with Crippen LogP contribution >= 0.6 is 15.9 Å². The van der Waals surface area contributed by atoms with E-state index in [0.29, 0.717) is 10.0 Å². The second-order valence-electron chi connectivity index (χ2n) is 5.62. The van der Waals surface area contributed by atoms with Gasteiger partial charge in [-0.1, -0.05) is 30.3 Å². The van der Waals surface area contributed by atoms with Crippen LogP contribution in [0.3, 0.4) is 0 Å². The van der Waals surface area contributed by atoms with Crippen LogP contribution < -0.4 is 5.14 Å². The number of rotatable bonds is 5. The minimum atomic E-state index is -3.99. The molecule has 1 atom stereocenters. The molecule has 0 saturated heterocycles. The molecule has 0 fully saturated rings. The lowest BCUT2D eigenvalue weighted by atomic mass is 10.1. The maximum atomic E-state index is 12.6. The predicted molar refractivity (Wildman–Crippen MR) is 98.8 cm³/mol. The zero-order chi connectivity index (χ0) is 19.5. The molecule has 2 N–H and O–H groups in total. The molecule has 9 heteroatoms. The number of likely N-dealkylation sites (N-methyl/N-ethyl adjacent to an activating group) is 1. The highest BCUT2D eigenvalue weighted by molar-refractivity contribution is 9.10. The minimum Gasteiger partial charge on any atom is -0.444 e. The van der Waals surface area contributed by atoms with Crippen LogP contribution in [0.5, 0.6) is 0 Å². The second-order valence-corrected chi connectivity index (χ2v) is 8.03. The first-order chi connectivity index (χ1) is 12.1. The average Bonchev–Trinajstić information content (AvgIpc) is 2.58. The monoisotopic (exact) mass is 440 g/mol. The number of carbonyl (C=O) groups excluding carboxylic acids is 2. The predicted octanol–water partition coefficient (Wildman–Crippen LogP) is 2.08. The molecule has 2 aromatic carbocycles. The molecule has 0 bridgehead atoms. The van der Waals surface area contributed by atoms with E-state index in [1.54, 1.807) is 44.4 Å². The fraction of sp³-hybridized carbons (Fsp3) is 0.176. The van der Waals surface area contributed by atoms with E-state index in [4.69, 9.17) is 9.88 Å². The van der Waals surface area contributed by atoms with Crippen molar-refractivity contribution in [3.63, 3.8) is 0 Å². The van der Waals surface area contributed by atoms with Gasteiger partial charge >= 0.3 is 5.97 Å². The molecule has 0 spiro atoms. The van der Waals surface area contributed by atoms with E-state index >= 15 is 0 Å². The van der Waals surface area contributed by atoms with Crippen LogP contribution in [0, 0.1) is 0 Å². The number of sulfonamides is 1. The lowest BCUT2D eigenvalue weighted by Gasteiger charge is -2.21. The molecule has 2 rings (SSSR count). The van der Waals surface area contributed by atoms with Gasteiger partial charge in [0.05, 0.1) is 10.5 Å². The van der Waals surface area contributed by atoms with Gasteiger partial charge in [-0.25, -0.2) is 18.4 Å². The van der Waals surface area contributed by atoms with Crippen molar-refractivity contribution >= 4 is 37.8 Å². The third-order valence-corrected chi connectivity index (χ3v) is 5.08. The number of ether oxygens (including phenoxy) is 1. The lowest BCUT2D eigenvalue weighted by molar-refractivity contribution is -0.138. The van der Waals surface area contributed by atoms with E-state index in [-0.39, 0.29) is 10.5 Å². The molecule has 138 valence electrons. The molecule has 0 aliphatic carbocycles. The van der Waals surface area contributed by atoms with Crippen molar-refractivity contribution in [2.75, 3.05) is 14.1 Å². The molecule has 26 heavy (non-hydrogen) atoms. The van der Waals surface area contributed by atoms with E-state index in [2.05, 4.69) is 15.9 Å². The lowest BCUT2D eigenvalue weighted by Crippen LogP contribution is -2.31. The Balaban J connectivity index is 2.40. The Labute approximate surface area is 159 Å². The Bertz CT molecular complexity index is 929. The minimum absolute atomic E-state index is 0.0518. The normalized spacial score (nSPS) is 12.3. The smallest absolute Gasteiger partial charge is 0.340 e. The summed E-state index contributed by atoms with van der Waals surface area (Å²) in [6, 6.07) is 12.3. The van der Waals surface area contributed by atoms with Crippen LogP contribution in [-0.2, 0) is 19.6 Å². The number of hydrogen-bond donors (Lipinski definition) is 1. The first-order valence-corrected chi connectivity index (χ1v) is 9.74. The van der Waals surface area contributed by atoms with Crippen molar-refractivity contribution in [3.05, 3.63) is 64.1 Å². The summed E-state index contributed by atoms with van der Waals surface area (Å²) in [6.45, 7) is 0. The zero-order valence-electron chi connectivity index (χ0n) is 14.0. The topological polar surface area (TPSA) is 107 Å². The Kier molecular flexibility index (Phi) is 6.17. The Hall–Kier alpha value is -2.23. The van der Waals surface area contributed by atoms with Gasteiger partial charge in [-0.15, -0.1) is 0 Å². The summed E-state index contributed by atoms with van der Waals surface area (Å²) in [5, 5.41) is 5.10. The van der Waals surface area contributed by atoms with Crippen molar-refractivity contribution in [1.29, 1.82) is 0 Å². The van der Waals surface area contributed by atoms with Gasteiger partial charge in [0, 0.05) is 24.1 Å². The van der Waals surface area contributed by atoms with Crippen LogP contribution in [0.25, 0.3) is 0 Å². The van der Waals surface area contributed by atoms with Crippen LogP contribution in [0.2, 0.25) is 0 Å². The molecule has 0 aliphatic rings. The molecule has 2 aromatic rings. The fourth-order valence-corrected chi connectivity index (χ4v) is 3.08. The number of esters is 1. The quantitative estimate of drug-likeness (QED) is 0.716. The van der Waals surface area contributed by atoms with Gasteiger partial charge in [0.25, 0.3) is 5.91 Å². The molecule has 0 aromatic heterocycles. The molecule has 0 heterocycles. The number of halogens is 1. The van der Waals surface area contributed by atoms with Crippen molar-refractivity contribution in [2.24, 2.45) is 5.14 Å². The van der Waals surface area contributed by atoms with E-state index < -0.39 is 28.0 Å². The summed E-state index contributed by atoms with van der Waals surface area (Å²) >= 11 is 3.18. The van der Waals surface area contributed by atoms with Crippen LogP contribution in [0.1, 0.15) is 22.0 Å². The molecule has 1 amide bonds. The molecule has 1 unspecified atom stereocenters. The molecule has 7 nitrogen and oxygen atoms in total. The summed E-state index contributed by atoms with van der Waals surface area (Å²) in [5.74, 6) is -1.28. The van der Waals surface area contributed by atoms with E-state index in [0.717, 1.165) is 6.07 Å². The van der Waals surface area contributed by atoms with Gasteiger partial charge in [0.1, 0.15) is 0 Å². The van der Waals surface area contributed by atoms with E-state index in [1.807, 2.05) is 0 Å². The van der Waals surface area contributed by atoms with Gasteiger partial charge in [-0.3, -0.25) is 4.79 Å². The average molecular weight is 441 g/mol. The molecule has 0 saturated carbocycles. The van der Waals surface area contributed by atoms with Gasteiger partial charge in [0.15, 0.2) is 0 Å². The van der Waals surface area contributed by atoms with Crippen molar-refractivity contribution < 1.29 is 22.7 Å². The van der Waals surface area contributed by atoms with E-state index in [9.17, 15) is 18.0 Å². The number of hydrogen-bond acceptors (Lipinski definition) is 5. The maximum absolute atomic E-state index is 12.6. The van der Waals surface area contributed by atoms with Gasteiger partial charge in [0.2, 0.25) is 16.1 Å². The maximum Gasteiger partial charge on any atom is 0.340 e. The van der Waals surface area contributed by atoms with Crippen LogP contribution in [0.4, 0.5) is 0 Å². The highest BCUT2D eigenvalue weighted by Gasteiger charge is 2.28. The Morgan fingerprint density at radius 1 is 1.12 bits per heavy atom. The van der Waals surface area contributed by atoms with Crippen LogP contribution in [0.15, 0.2) is 57.9 Å². The zero-order valence-corrected chi connectivity index (χ0v) is 16.5. The summed E-state index contributed by atoms with van der Waals surface area (Å²) in [7, 11) is -0.899. The first-order valence-electron chi connectivity index (χ1n) is 7.40. The molecular weight excluding hydrogens is 424 g/mol. The van der Waals surface area contributed by atoms with Crippen molar-refractivity contribution in [1.82, 2.24) is 4.90 Å². The van der Waals surface area contributed by atoms with Crippen molar-refractivity contribution in [2.45, 2.75) is 11.0 Å². The first kappa shape index (κ1) is 20.1. The summed E-state index contributed by atoms with van der Waals surface area (Å²) in [6.07, 6.45) is -1.16. The summed E-state index contributed by atoms with van der Waals surface area (Å²) in [5.41, 5.74) is 0.447. The van der Waals surface area contributed by atoms with Crippen molar-refractivity contribution in [3.8, 4) is 0 Å². The third kappa shape index (κ3) is 4.69. The van der Waals surface area contributed by atoms with Gasteiger partial charge in [-0.05, 0) is 34.1 Å². The van der Waals surface area contributed by atoms with Gasteiger partial charge < -0.3 is 9.64 Å². The number of nitrogens with zero attached hydrogens (tertiary/aromatic N) is 1. The standard InChI is InChI=1S/C17H17BrN2O5S/c1-20(2)16(21)15(11-6-4-3-5-7-11)25-17(22)13-10-12(26(19,23)24)8-9-14(13)18/h3-10,15H,1-2H3,(H2,19,23,24). The highest BCUT2D eigenvalue weighted by atomic mass is 79.9. The highest BCUT2D eigenvalue weighted by Crippen LogP contribution is 2.26. The van der Waals surface area contributed by atoms with Gasteiger partial charge in [-0.2, -0.15) is 0 Å². The van der Waals surface area contributed by atoms with E-state index in [1.165, 1.54) is 17.0 Å². The molecular formula is C17H17BrN2O5S. The molecule has 0 radical (unpaired) electrons. The van der Waals surface area contributed by atoms with Crippen LogP contribution in [-0.4, -0.2) is 39.3 Å². The number of nitrogens with two attached hydrogens (primary N) is 1.